The van der Waals surface area contributed by atoms with E-state index in [1.54, 1.807) is 18.5 Å². The minimum absolute atomic E-state index is 0.218. The van der Waals surface area contributed by atoms with E-state index in [1.807, 2.05) is 73.7 Å². The Labute approximate surface area is 159 Å². The van der Waals surface area contributed by atoms with Crippen LogP contribution in [-0.4, -0.2) is 17.6 Å². The number of ether oxygens (including phenoxy) is 2. The molecule has 1 aromatic heterocycles. The smallest absolute Gasteiger partial charge is 0.315 e. The molecule has 0 saturated heterocycles. The number of hydrogen-bond donors (Lipinski definition) is 0. The summed E-state index contributed by atoms with van der Waals surface area (Å²) >= 11 is 0. The summed E-state index contributed by atoms with van der Waals surface area (Å²) in [5.41, 5.74) is 2.93. The van der Waals surface area contributed by atoms with E-state index in [0.717, 1.165) is 16.7 Å². The van der Waals surface area contributed by atoms with E-state index < -0.39 is 0 Å². The van der Waals surface area contributed by atoms with Gasteiger partial charge in [0.25, 0.3) is 0 Å². The normalized spacial score (nSPS) is 10.7. The number of benzene rings is 2. The molecule has 0 bridgehead atoms. The average molecular weight is 359 g/mol. The van der Waals surface area contributed by atoms with Gasteiger partial charge < -0.3 is 9.47 Å². The topological polar surface area (TPSA) is 48.4 Å². The molecular weight excluding hydrogens is 338 g/mol. The van der Waals surface area contributed by atoms with Crippen LogP contribution in [0.1, 0.15) is 23.6 Å². The molecule has 0 aliphatic rings. The average Bonchev–Trinajstić information content (AvgIpc) is 2.70. The number of esters is 1. The van der Waals surface area contributed by atoms with Crippen LogP contribution in [-0.2, 0) is 11.2 Å². The Morgan fingerprint density at radius 3 is 2.41 bits per heavy atom. The molecule has 4 nitrogen and oxygen atoms in total. The molecule has 0 fully saturated rings. The fraction of sp³-hybridized carbons (Fsp3) is 0.130. The summed E-state index contributed by atoms with van der Waals surface area (Å²) < 4.78 is 11.2. The van der Waals surface area contributed by atoms with Gasteiger partial charge in [0, 0.05) is 12.4 Å². The second-order valence-corrected chi connectivity index (χ2v) is 5.89. The number of carbonyl (C=O) groups excluding carboxylic acids is 1. The Hall–Kier alpha value is -3.40. The largest absolute Gasteiger partial charge is 0.490 e. The number of pyridine rings is 1. The van der Waals surface area contributed by atoms with Gasteiger partial charge in [0.2, 0.25) is 0 Å². The third kappa shape index (κ3) is 5.54. The summed E-state index contributed by atoms with van der Waals surface area (Å²) in [4.78, 5) is 16.2. The standard InChI is InChI=1S/C23H21NO3/c1-2-26-22-16-20(9-8-18-12-14-24-15-13-18)10-11-21(22)27-23(25)17-19-6-4-3-5-7-19/h3-16H,2,17H2,1H3/b9-8+. The highest BCUT2D eigenvalue weighted by Crippen LogP contribution is 2.29. The molecule has 0 unspecified atom stereocenters. The minimum Gasteiger partial charge on any atom is -0.490 e. The number of carbonyl (C=O) groups is 1. The van der Waals surface area contributed by atoms with Crippen LogP contribution in [0.2, 0.25) is 0 Å². The fourth-order valence-electron chi connectivity index (χ4n) is 2.57. The van der Waals surface area contributed by atoms with Crippen molar-refractivity contribution in [3.05, 3.63) is 89.7 Å². The molecule has 0 aliphatic heterocycles. The molecule has 0 aliphatic carbocycles. The van der Waals surface area contributed by atoms with Crippen molar-refractivity contribution in [2.75, 3.05) is 6.61 Å². The van der Waals surface area contributed by atoms with Gasteiger partial charge in [0.05, 0.1) is 13.0 Å². The number of aromatic nitrogens is 1. The second kappa shape index (κ2) is 9.34. The maximum atomic E-state index is 12.2. The highest BCUT2D eigenvalue weighted by molar-refractivity contribution is 5.77. The van der Waals surface area contributed by atoms with E-state index in [1.165, 1.54) is 0 Å². The molecule has 1 heterocycles. The lowest BCUT2D eigenvalue weighted by molar-refractivity contribution is -0.133. The molecule has 0 spiro atoms. The lowest BCUT2D eigenvalue weighted by Crippen LogP contribution is -2.12. The molecule has 3 aromatic rings. The maximum Gasteiger partial charge on any atom is 0.315 e. The Morgan fingerprint density at radius 1 is 0.926 bits per heavy atom. The van der Waals surface area contributed by atoms with Crippen molar-refractivity contribution in [3.8, 4) is 11.5 Å². The molecule has 0 radical (unpaired) electrons. The van der Waals surface area contributed by atoms with E-state index in [0.29, 0.717) is 18.1 Å². The van der Waals surface area contributed by atoms with Gasteiger partial charge in [-0.15, -0.1) is 0 Å². The summed E-state index contributed by atoms with van der Waals surface area (Å²) in [6.45, 7) is 2.38. The lowest BCUT2D eigenvalue weighted by atomic mass is 10.1. The number of rotatable bonds is 7. The molecule has 2 aromatic carbocycles. The molecule has 3 rings (SSSR count). The molecule has 4 heteroatoms. The van der Waals surface area contributed by atoms with E-state index in [4.69, 9.17) is 9.47 Å². The Balaban J connectivity index is 1.73. The van der Waals surface area contributed by atoms with E-state index in [9.17, 15) is 4.79 Å². The highest BCUT2D eigenvalue weighted by Gasteiger charge is 2.11. The highest BCUT2D eigenvalue weighted by atomic mass is 16.6. The first kappa shape index (κ1) is 18.4. The SMILES string of the molecule is CCOc1cc(/C=C/c2ccncc2)ccc1OC(=O)Cc1ccccc1. The first-order valence-corrected chi connectivity index (χ1v) is 8.84. The van der Waals surface area contributed by atoms with Crippen molar-refractivity contribution < 1.29 is 14.3 Å². The third-order valence-electron chi connectivity index (χ3n) is 3.86. The van der Waals surface area contributed by atoms with Crippen LogP contribution >= 0.6 is 0 Å². The minimum atomic E-state index is -0.317. The predicted octanol–water partition coefficient (Wildman–Crippen LogP) is 4.80. The molecule has 0 saturated carbocycles. The Bertz CT molecular complexity index is 905. The van der Waals surface area contributed by atoms with Gasteiger partial charge in [-0.2, -0.15) is 0 Å². The predicted molar refractivity (Wildman–Crippen MR) is 107 cm³/mol. The zero-order valence-electron chi connectivity index (χ0n) is 15.2. The van der Waals surface area contributed by atoms with E-state index in [-0.39, 0.29) is 12.4 Å². The lowest BCUT2D eigenvalue weighted by Gasteiger charge is -2.11. The van der Waals surface area contributed by atoms with Gasteiger partial charge in [-0.05, 0) is 47.9 Å². The molecular formula is C23H21NO3. The molecule has 0 atom stereocenters. The van der Waals surface area contributed by atoms with Gasteiger partial charge in [0.15, 0.2) is 11.5 Å². The third-order valence-corrected chi connectivity index (χ3v) is 3.86. The van der Waals surface area contributed by atoms with Crippen molar-refractivity contribution in [1.82, 2.24) is 4.98 Å². The molecule has 0 amide bonds. The summed E-state index contributed by atoms with van der Waals surface area (Å²) in [5.74, 6) is 0.664. The van der Waals surface area contributed by atoms with Crippen LogP contribution < -0.4 is 9.47 Å². The van der Waals surface area contributed by atoms with Crippen molar-refractivity contribution in [2.24, 2.45) is 0 Å². The van der Waals surface area contributed by atoms with Crippen LogP contribution in [0.4, 0.5) is 0 Å². The van der Waals surface area contributed by atoms with Gasteiger partial charge in [-0.25, -0.2) is 0 Å². The van der Waals surface area contributed by atoms with Gasteiger partial charge >= 0.3 is 5.97 Å². The number of nitrogens with zero attached hydrogens (tertiary/aromatic N) is 1. The summed E-state index contributed by atoms with van der Waals surface area (Å²) in [6, 6.07) is 18.9. The Morgan fingerprint density at radius 2 is 1.67 bits per heavy atom. The summed E-state index contributed by atoms with van der Waals surface area (Å²) in [7, 11) is 0. The number of hydrogen-bond acceptors (Lipinski definition) is 4. The quantitative estimate of drug-likeness (QED) is 0.449. The molecule has 27 heavy (non-hydrogen) atoms. The van der Waals surface area contributed by atoms with Gasteiger partial charge in [-0.3, -0.25) is 9.78 Å². The van der Waals surface area contributed by atoms with Crippen LogP contribution in [0.5, 0.6) is 11.5 Å². The van der Waals surface area contributed by atoms with Gasteiger partial charge in [0.1, 0.15) is 0 Å². The fourth-order valence-corrected chi connectivity index (χ4v) is 2.57. The molecule has 136 valence electrons. The monoisotopic (exact) mass is 359 g/mol. The van der Waals surface area contributed by atoms with Crippen molar-refractivity contribution in [1.29, 1.82) is 0 Å². The second-order valence-electron chi connectivity index (χ2n) is 5.89. The first-order chi connectivity index (χ1) is 13.2. The van der Waals surface area contributed by atoms with Crippen LogP contribution in [0.25, 0.3) is 12.2 Å². The summed E-state index contributed by atoms with van der Waals surface area (Å²) in [5, 5.41) is 0. The Kier molecular flexibility index (Phi) is 6.36. The van der Waals surface area contributed by atoms with Crippen LogP contribution in [0.15, 0.2) is 73.1 Å². The van der Waals surface area contributed by atoms with Crippen molar-refractivity contribution in [3.63, 3.8) is 0 Å². The maximum absolute atomic E-state index is 12.2. The van der Waals surface area contributed by atoms with Gasteiger partial charge in [-0.1, -0.05) is 48.6 Å². The first-order valence-electron chi connectivity index (χ1n) is 8.84. The van der Waals surface area contributed by atoms with E-state index in [2.05, 4.69) is 4.98 Å². The molecule has 0 N–H and O–H groups in total. The van der Waals surface area contributed by atoms with Crippen molar-refractivity contribution >= 4 is 18.1 Å². The van der Waals surface area contributed by atoms with Crippen LogP contribution in [0, 0.1) is 0 Å². The zero-order chi connectivity index (χ0) is 18.9. The summed E-state index contributed by atoms with van der Waals surface area (Å²) in [6.07, 6.45) is 7.69. The van der Waals surface area contributed by atoms with Crippen molar-refractivity contribution in [2.45, 2.75) is 13.3 Å². The zero-order valence-corrected chi connectivity index (χ0v) is 15.2. The van der Waals surface area contributed by atoms with E-state index >= 15 is 0 Å². The van der Waals surface area contributed by atoms with Crippen LogP contribution in [0.3, 0.4) is 0 Å².